The summed E-state index contributed by atoms with van der Waals surface area (Å²) in [5.41, 5.74) is 6.30. The van der Waals surface area contributed by atoms with Crippen molar-refractivity contribution in [2.75, 3.05) is 18.5 Å². The van der Waals surface area contributed by atoms with E-state index in [1.807, 2.05) is 25.1 Å². The van der Waals surface area contributed by atoms with E-state index < -0.39 is 0 Å². The van der Waals surface area contributed by atoms with Crippen molar-refractivity contribution in [1.29, 1.82) is 0 Å². The first-order chi connectivity index (χ1) is 10.2. The SMILES string of the molecule is CCOc1ccc2nc(NC(=O)CCCCCN)sc2c1. The molecule has 0 unspecified atom stereocenters. The maximum Gasteiger partial charge on any atom is 0.226 e. The normalized spacial score (nSPS) is 10.8. The standard InChI is InChI=1S/C15H21N3O2S/c1-2-20-11-7-8-12-13(10-11)21-15(17-12)18-14(19)6-4-3-5-9-16/h7-8,10H,2-6,9,16H2,1H3,(H,17,18,19). The first-order valence-corrected chi connectivity index (χ1v) is 8.08. The van der Waals surface area contributed by atoms with Crippen molar-refractivity contribution in [3.05, 3.63) is 18.2 Å². The summed E-state index contributed by atoms with van der Waals surface area (Å²) in [6.07, 6.45) is 3.33. The predicted molar refractivity (Wildman–Crippen MR) is 86.9 cm³/mol. The number of ether oxygens (including phenoxy) is 1. The van der Waals surface area contributed by atoms with Crippen LogP contribution in [0.4, 0.5) is 5.13 Å². The van der Waals surface area contributed by atoms with E-state index in [9.17, 15) is 4.79 Å². The Labute approximate surface area is 128 Å². The highest BCUT2D eigenvalue weighted by Crippen LogP contribution is 2.29. The molecule has 2 aromatic rings. The van der Waals surface area contributed by atoms with E-state index >= 15 is 0 Å². The molecule has 6 heteroatoms. The van der Waals surface area contributed by atoms with Crippen molar-refractivity contribution in [2.45, 2.75) is 32.6 Å². The lowest BCUT2D eigenvalue weighted by molar-refractivity contribution is -0.116. The minimum absolute atomic E-state index is 0.0103. The Morgan fingerprint density at radius 1 is 1.38 bits per heavy atom. The first kappa shape index (κ1) is 15.7. The van der Waals surface area contributed by atoms with Crippen LogP contribution in [0.2, 0.25) is 0 Å². The van der Waals surface area contributed by atoms with E-state index in [1.54, 1.807) is 0 Å². The maximum atomic E-state index is 11.8. The minimum Gasteiger partial charge on any atom is -0.494 e. The fourth-order valence-electron chi connectivity index (χ4n) is 2.00. The van der Waals surface area contributed by atoms with Gasteiger partial charge in [0.15, 0.2) is 5.13 Å². The highest BCUT2D eigenvalue weighted by Gasteiger charge is 2.08. The van der Waals surface area contributed by atoms with E-state index in [4.69, 9.17) is 10.5 Å². The summed E-state index contributed by atoms with van der Waals surface area (Å²) < 4.78 is 6.48. The molecule has 1 aromatic carbocycles. The monoisotopic (exact) mass is 307 g/mol. The number of aromatic nitrogens is 1. The molecule has 1 heterocycles. The number of unbranched alkanes of at least 4 members (excludes halogenated alkanes) is 2. The third kappa shape index (κ3) is 4.68. The number of hydrogen-bond acceptors (Lipinski definition) is 5. The molecule has 0 radical (unpaired) electrons. The molecule has 5 nitrogen and oxygen atoms in total. The largest absolute Gasteiger partial charge is 0.494 e. The second kappa shape index (κ2) is 7.95. The van der Waals surface area contributed by atoms with Crippen molar-refractivity contribution in [3.8, 4) is 5.75 Å². The Morgan fingerprint density at radius 2 is 2.24 bits per heavy atom. The summed E-state index contributed by atoms with van der Waals surface area (Å²) >= 11 is 1.47. The Balaban J connectivity index is 1.94. The number of thiazole rings is 1. The number of benzene rings is 1. The number of nitrogens with two attached hydrogens (primary N) is 1. The summed E-state index contributed by atoms with van der Waals surface area (Å²) in [5.74, 6) is 0.837. The zero-order valence-electron chi connectivity index (χ0n) is 12.2. The molecule has 21 heavy (non-hydrogen) atoms. The van der Waals surface area contributed by atoms with Gasteiger partial charge in [-0.15, -0.1) is 0 Å². The van der Waals surface area contributed by atoms with Gasteiger partial charge in [0.1, 0.15) is 5.75 Å². The molecular weight excluding hydrogens is 286 g/mol. The Bertz CT molecular complexity index is 598. The fourth-order valence-corrected chi connectivity index (χ4v) is 2.91. The van der Waals surface area contributed by atoms with E-state index in [0.717, 1.165) is 35.2 Å². The van der Waals surface area contributed by atoms with Gasteiger partial charge in [0, 0.05) is 6.42 Å². The van der Waals surface area contributed by atoms with Crippen LogP contribution < -0.4 is 15.8 Å². The highest BCUT2D eigenvalue weighted by molar-refractivity contribution is 7.22. The lowest BCUT2D eigenvalue weighted by atomic mass is 10.2. The van der Waals surface area contributed by atoms with Crippen molar-refractivity contribution in [1.82, 2.24) is 4.98 Å². The van der Waals surface area contributed by atoms with Crippen molar-refractivity contribution in [2.24, 2.45) is 5.73 Å². The minimum atomic E-state index is 0.0103. The summed E-state index contributed by atoms with van der Waals surface area (Å²) in [5, 5.41) is 3.50. The average Bonchev–Trinajstić information content (AvgIpc) is 2.85. The molecule has 2 rings (SSSR count). The smallest absolute Gasteiger partial charge is 0.226 e. The van der Waals surface area contributed by atoms with Crippen LogP contribution in [0.3, 0.4) is 0 Å². The third-order valence-electron chi connectivity index (χ3n) is 3.03. The number of nitrogens with one attached hydrogen (secondary N) is 1. The lowest BCUT2D eigenvalue weighted by Gasteiger charge is -2.00. The van der Waals surface area contributed by atoms with Crippen molar-refractivity contribution < 1.29 is 9.53 Å². The Morgan fingerprint density at radius 3 is 3.00 bits per heavy atom. The van der Waals surface area contributed by atoms with Gasteiger partial charge in [-0.2, -0.15) is 0 Å². The van der Waals surface area contributed by atoms with E-state index in [2.05, 4.69) is 10.3 Å². The molecule has 1 amide bonds. The number of fused-ring (bicyclic) bond motifs is 1. The zero-order valence-corrected chi connectivity index (χ0v) is 13.0. The van der Waals surface area contributed by atoms with Crippen molar-refractivity contribution >= 4 is 32.6 Å². The van der Waals surface area contributed by atoms with Gasteiger partial charge in [0.05, 0.1) is 16.8 Å². The van der Waals surface area contributed by atoms with Crippen LogP contribution in [0.5, 0.6) is 5.75 Å². The molecular formula is C15H21N3O2S. The second-order valence-corrected chi connectivity index (χ2v) is 5.76. The van der Waals surface area contributed by atoms with Crippen LogP contribution in [0.25, 0.3) is 10.2 Å². The van der Waals surface area contributed by atoms with Crippen LogP contribution in [-0.4, -0.2) is 24.0 Å². The Kier molecular flexibility index (Phi) is 5.95. The van der Waals surface area contributed by atoms with Gasteiger partial charge in [0.25, 0.3) is 0 Å². The van der Waals surface area contributed by atoms with E-state index in [1.165, 1.54) is 11.3 Å². The van der Waals surface area contributed by atoms with Gasteiger partial charge in [0.2, 0.25) is 5.91 Å². The summed E-state index contributed by atoms with van der Waals surface area (Å²) in [7, 11) is 0. The number of hydrogen-bond donors (Lipinski definition) is 2. The topological polar surface area (TPSA) is 77.2 Å². The molecule has 0 spiro atoms. The van der Waals surface area contributed by atoms with Crippen LogP contribution in [0.1, 0.15) is 32.6 Å². The molecule has 0 aliphatic carbocycles. The van der Waals surface area contributed by atoms with E-state index in [0.29, 0.717) is 24.7 Å². The molecule has 0 saturated carbocycles. The van der Waals surface area contributed by atoms with E-state index in [-0.39, 0.29) is 5.91 Å². The highest BCUT2D eigenvalue weighted by atomic mass is 32.1. The molecule has 0 bridgehead atoms. The summed E-state index contributed by atoms with van der Waals surface area (Å²) in [4.78, 5) is 16.2. The fraction of sp³-hybridized carbons (Fsp3) is 0.467. The predicted octanol–water partition coefficient (Wildman–Crippen LogP) is 3.15. The Hall–Kier alpha value is -1.66. The molecule has 0 atom stereocenters. The number of anilines is 1. The summed E-state index contributed by atoms with van der Waals surface area (Å²) in [6.45, 7) is 3.27. The van der Waals surface area contributed by atoms with Crippen LogP contribution >= 0.6 is 11.3 Å². The number of amides is 1. The summed E-state index contributed by atoms with van der Waals surface area (Å²) in [6, 6.07) is 5.76. The third-order valence-corrected chi connectivity index (χ3v) is 3.96. The molecule has 0 aliphatic rings. The molecule has 3 N–H and O–H groups in total. The second-order valence-electron chi connectivity index (χ2n) is 4.73. The number of nitrogens with zero attached hydrogens (tertiary/aromatic N) is 1. The molecule has 0 aliphatic heterocycles. The van der Waals surface area contributed by atoms with Gasteiger partial charge in [-0.25, -0.2) is 4.98 Å². The average molecular weight is 307 g/mol. The van der Waals surface area contributed by atoms with Crippen molar-refractivity contribution in [3.63, 3.8) is 0 Å². The molecule has 0 fully saturated rings. The van der Waals surface area contributed by atoms with Gasteiger partial charge in [-0.1, -0.05) is 17.8 Å². The van der Waals surface area contributed by atoms with Gasteiger partial charge in [-0.3, -0.25) is 4.79 Å². The molecule has 0 saturated heterocycles. The molecule has 1 aromatic heterocycles. The zero-order chi connectivity index (χ0) is 15.1. The molecule has 114 valence electrons. The number of rotatable bonds is 8. The maximum absolute atomic E-state index is 11.8. The quantitative estimate of drug-likeness (QED) is 0.734. The van der Waals surface area contributed by atoms with Crippen LogP contribution in [0, 0.1) is 0 Å². The van der Waals surface area contributed by atoms with Gasteiger partial charge in [-0.05, 0) is 44.5 Å². The number of carbonyl (C=O) groups is 1. The van der Waals surface area contributed by atoms with Crippen LogP contribution in [-0.2, 0) is 4.79 Å². The van der Waals surface area contributed by atoms with Crippen LogP contribution in [0.15, 0.2) is 18.2 Å². The van der Waals surface area contributed by atoms with Gasteiger partial charge < -0.3 is 15.8 Å². The number of carbonyl (C=O) groups excluding carboxylic acids is 1. The lowest BCUT2D eigenvalue weighted by Crippen LogP contribution is -2.11. The van der Waals surface area contributed by atoms with Gasteiger partial charge >= 0.3 is 0 Å². The first-order valence-electron chi connectivity index (χ1n) is 7.26.